The molecule has 0 aliphatic carbocycles. The van der Waals surface area contributed by atoms with Gasteiger partial charge in [-0.3, -0.25) is 4.55 Å². The van der Waals surface area contributed by atoms with Crippen molar-refractivity contribution in [2.24, 2.45) is 0 Å². The summed E-state index contributed by atoms with van der Waals surface area (Å²) >= 11 is 0. The fourth-order valence-electron chi connectivity index (χ4n) is 0.146. The Bertz CT molecular complexity index is 242. The predicted molar refractivity (Wildman–Crippen MR) is 22.6 cm³/mol. The van der Waals surface area contributed by atoms with Gasteiger partial charge in [0.1, 0.15) is 0 Å². The van der Waals surface area contributed by atoms with Crippen molar-refractivity contribution < 1.29 is 62.2 Å². The number of hydrogen-bond acceptors (Lipinski definition) is 2. The van der Waals surface area contributed by atoms with E-state index in [2.05, 4.69) is 0 Å². The number of halogens is 5. The van der Waals surface area contributed by atoms with Gasteiger partial charge in [0.2, 0.25) is 0 Å². The van der Waals surface area contributed by atoms with E-state index in [-0.39, 0.29) is 27.3 Å². The predicted octanol–water partition coefficient (Wildman–Crippen LogP) is 1.03. The van der Waals surface area contributed by atoms with Gasteiger partial charge in [-0.2, -0.15) is 30.4 Å². The Morgan fingerprint density at radius 3 is 1.25 bits per heavy atom. The fourth-order valence-corrected chi connectivity index (χ4v) is 0.439. The molecule has 1 N–H and O–H groups in total. The molecule has 0 amide bonds. The molecule has 0 aromatic heterocycles. The van der Waals surface area contributed by atoms with Crippen molar-refractivity contribution in [1.29, 1.82) is 0 Å². The Hall–Kier alpha value is 0.482. The van der Waals surface area contributed by atoms with E-state index in [4.69, 9.17) is 4.55 Å². The molecule has 0 aromatic rings. The van der Waals surface area contributed by atoms with E-state index in [1.165, 1.54) is 0 Å². The first-order valence-corrected chi connectivity index (χ1v) is 3.36. The zero-order chi connectivity index (χ0) is 9.50. The van der Waals surface area contributed by atoms with E-state index in [1.807, 2.05) is 0 Å². The molecule has 0 rings (SSSR count). The molecule has 0 spiro atoms. The number of rotatable bonds is 1. The van der Waals surface area contributed by atoms with Crippen molar-refractivity contribution in [2.75, 3.05) is 0 Å². The van der Waals surface area contributed by atoms with Crippen LogP contribution in [-0.2, 0) is 37.4 Å². The van der Waals surface area contributed by atoms with E-state index >= 15 is 0 Å². The zero-order valence-electron chi connectivity index (χ0n) is 5.27. The van der Waals surface area contributed by atoms with Crippen LogP contribution in [-0.4, -0.2) is 24.4 Å². The molecular weight excluding hydrogens is 311 g/mol. The van der Waals surface area contributed by atoms with Crippen LogP contribution in [0.3, 0.4) is 0 Å². The molecule has 0 radical (unpaired) electrons. The maximum Gasteiger partial charge on any atom is 0.472 e. The molecule has 0 unspecified atom stereocenters. The van der Waals surface area contributed by atoms with Crippen LogP contribution in [0.25, 0.3) is 0 Å². The second-order valence-corrected chi connectivity index (χ2v) is 2.95. The Morgan fingerprint density at radius 2 is 1.25 bits per heavy atom. The Morgan fingerprint density at radius 1 is 1.00 bits per heavy atom. The summed E-state index contributed by atoms with van der Waals surface area (Å²) in [4.78, 5) is 0. The fraction of sp³-hybridized carbons (Fsp3) is 1.00. The molecule has 0 aliphatic rings. The van der Waals surface area contributed by atoms with Crippen LogP contribution in [0, 0.1) is 0 Å². The third-order valence-electron chi connectivity index (χ3n) is 0.654. The molecule has 3 nitrogen and oxygen atoms in total. The molecule has 0 saturated heterocycles. The molecule has 0 atom stereocenters. The normalized spacial score (nSPS) is 13.8. The smallest absolute Gasteiger partial charge is 0.281 e. The second-order valence-electron chi connectivity index (χ2n) is 1.49. The molecule has 0 aromatic carbocycles. The minimum atomic E-state index is -6.42. The summed E-state index contributed by atoms with van der Waals surface area (Å²) < 4.78 is 82.2. The van der Waals surface area contributed by atoms with E-state index in [1.54, 1.807) is 0 Å². The van der Waals surface area contributed by atoms with Crippen LogP contribution in [0.2, 0.25) is 0 Å². The van der Waals surface area contributed by atoms with E-state index < -0.39 is 21.5 Å². The molecule has 0 heterocycles. The topological polar surface area (TPSA) is 54.4 Å². The van der Waals surface area contributed by atoms with Crippen LogP contribution < -0.4 is 0 Å². The molecule has 10 heteroatoms. The third kappa shape index (κ3) is 2.76. The van der Waals surface area contributed by atoms with E-state index in [0.29, 0.717) is 0 Å². The van der Waals surface area contributed by atoms with Crippen molar-refractivity contribution >= 4 is 10.1 Å². The van der Waals surface area contributed by atoms with Gasteiger partial charge in [-0.1, -0.05) is 0 Å². The van der Waals surface area contributed by atoms with Crippen LogP contribution in [0.15, 0.2) is 0 Å². The summed E-state index contributed by atoms with van der Waals surface area (Å²) in [7, 11) is -6.42. The van der Waals surface area contributed by atoms with Gasteiger partial charge in [0.15, 0.2) is 0 Å². The Kier molecular flexibility index (Phi) is 4.61. The van der Waals surface area contributed by atoms with E-state index in [0.717, 1.165) is 0 Å². The van der Waals surface area contributed by atoms with Gasteiger partial charge in [-0.25, -0.2) is 0 Å². The first-order valence-electron chi connectivity index (χ1n) is 1.91. The summed E-state index contributed by atoms with van der Waals surface area (Å²) in [5.41, 5.74) is 0. The summed E-state index contributed by atoms with van der Waals surface area (Å²) in [6.45, 7) is 0. The maximum atomic E-state index is 11.5. The van der Waals surface area contributed by atoms with Crippen LogP contribution in [0.5, 0.6) is 0 Å². The number of alkyl halides is 5. The average Bonchev–Trinajstić information content (AvgIpc) is 1.58. The van der Waals surface area contributed by atoms with Crippen LogP contribution in [0.1, 0.15) is 0 Å². The number of hydrogen-bond donors (Lipinski definition) is 1. The monoisotopic (exact) mass is 314 g/mol. The van der Waals surface area contributed by atoms with Crippen molar-refractivity contribution in [3.05, 3.63) is 0 Å². The van der Waals surface area contributed by atoms with Gasteiger partial charge in [0, 0.05) is 27.3 Å². The van der Waals surface area contributed by atoms with Crippen molar-refractivity contribution in [1.82, 2.24) is 0 Å². The second kappa shape index (κ2) is 3.69. The Balaban J connectivity index is 0. The first-order chi connectivity index (χ1) is 4.50. The van der Waals surface area contributed by atoms with Crippen LogP contribution >= 0.6 is 0 Å². The van der Waals surface area contributed by atoms with Gasteiger partial charge in [-0.05, 0) is 0 Å². The van der Waals surface area contributed by atoms with Gasteiger partial charge in [0.05, 0.1) is 0 Å². The first kappa shape index (κ1) is 15.0. The van der Waals surface area contributed by atoms with Crippen molar-refractivity contribution in [3.8, 4) is 0 Å². The summed E-state index contributed by atoms with van der Waals surface area (Å²) in [6, 6.07) is 0. The van der Waals surface area contributed by atoms with Crippen molar-refractivity contribution in [2.45, 2.75) is 11.4 Å². The minimum Gasteiger partial charge on any atom is -0.281 e. The standard InChI is InChI=1S/C2HF5O3S.Cd/c3-1(4,5)2(6,7)11(8,9)10;/h(H,8,9,10);. The van der Waals surface area contributed by atoms with Crippen LogP contribution in [0.4, 0.5) is 22.0 Å². The van der Waals surface area contributed by atoms with Gasteiger partial charge >= 0.3 is 21.5 Å². The quantitative estimate of drug-likeness (QED) is 0.447. The summed E-state index contributed by atoms with van der Waals surface area (Å²) in [5.74, 6) is 0. The average molecular weight is 312 g/mol. The largest absolute Gasteiger partial charge is 0.472 e. The molecule has 70 valence electrons. The third-order valence-corrected chi connectivity index (χ3v) is 1.53. The van der Waals surface area contributed by atoms with Gasteiger partial charge < -0.3 is 0 Å². The minimum absolute atomic E-state index is 0. The molecule has 12 heavy (non-hydrogen) atoms. The summed E-state index contributed by atoms with van der Waals surface area (Å²) in [6.07, 6.45) is -6.29. The summed E-state index contributed by atoms with van der Waals surface area (Å²) in [5, 5.41) is -6.10. The Labute approximate surface area is 83.8 Å². The van der Waals surface area contributed by atoms with E-state index in [9.17, 15) is 30.4 Å². The molecular formula is C2HCdF5O3S. The van der Waals surface area contributed by atoms with Crippen molar-refractivity contribution in [3.63, 3.8) is 0 Å². The SMILES string of the molecule is O=S(=O)(O)C(F)(F)C(F)(F)F.[Cd]. The molecule has 0 saturated carbocycles. The molecule has 0 bridgehead atoms. The van der Waals surface area contributed by atoms with Gasteiger partial charge in [0.25, 0.3) is 0 Å². The zero-order valence-corrected chi connectivity index (χ0v) is 10.1. The molecule has 0 fully saturated rings. The molecule has 0 aliphatic heterocycles. The van der Waals surface area contributed by atoms with Gasteiger partial charge in [-0.15, -0.1) is 0 Å². The maximum absolute atomic E-state index is 11.5.